The lowest BCUT2D eigenvalue weighted by Crippen LogP contribution is -2.15. The van der Waals surface area contributed by atoms with Crippen molar-refractivity contribution in [2.45, 2.75) is 5.92 Å². The third kappa shape index (κ3) is 4.04. The molecule has 0 bridgehead atoms. The molecular formula is C45H27N3O2. The summed E-state index contributed by atoms with van der Waals surface area (Å²) < 4.78 is 12.5. The van der Waals surface area contributed by atoms with Crippen LogP contribution in [0.25, 0.3) is 89.1 Å². The van der Waals surface area contributed by atoms with Crippen LogP contribution in [0.15, 0.2) is 154 Å². The van der Waals surface area contributed by atoms with Gasteiger partial charge in [-0.3, -0.25) is 0 Å². The molecule has 0 N–H and O–H groups in total. The van der Waals surface area contributed by atoms with E-state index in [0.717, 1.165) is 71.3 Å². The molecule has 234 valence electrons. The Bertz CT molecular complexity index is 2960. The Morgan fingerprint density at radius 1 is 0.440 bits per heavy atom. The molecule has 0 spiro atoms. The van der Waals surface area contributed by atoms with Crippen molar-refractivity contribution in [3.05, 3.63) is 163 Å². The van der Waals surface area contributed by atoms with Gasteiger partial charge in [-0.2, -0.15) is 0 Å². The predicted octanol–water partition coefficient (Wildman–Crippen LogP) is 11.5. The summed E-state index contributed by atoms with van der Waals surface area (Å²) in [5.74, 6) is 2.35. The zero-order valence-corrected chi connectivity index (χ0v) is 26.7. The van der Waals surface area contributed by atoms with Crippen molar-refractivity contribution in [2.75, 3.05) is 0 Å². The topological polar surface area (TPSA) is 65.0 Å². The summed E-state index contributed by atoms with van der Waals surface area (Å²) >= 11 is 0. The number of allylic oxidation sites excluding steroid dienone is 5. The van der Waals surface area contributed by atoms with Crippen molar-refractivity contribution < 1.29 is 8.83 Å². The Morgan fingerprint density at radius 2 is 1.08 bits per heavy atom. The molecule has 0 radical (unpaired) electrons. The monoisotopic (exact) mass is 641 g/mol. The molecule has 2 aliphatic carbocycles. The van der Waals surface area contributed by atoms with Gasteiger partial charge in [-0.25, -0.2) is 15.0 Å². The maximum absolute atomic E-state index is 6.28. The van der Waals surface area contributed by atoms with Gasteiger partial charge in [0.1, 0.15) is 22.3 Å². The first kappa shape index (κ1) is 27.4. The van der Waals surface area contributed by atoms with Crippen LogP contribution in [-0.2, 0) is 0 Å². The van der Waals surface area contributed by atoms with E-state index in [1.165, 1.54) is 11.1 Å². The highest BCUT2D eigenvalue weighted by Crippen LogP contribution is 2.42. The molecule has 5 nitrogen and oxygen atoms in total. The van der Waals surface area contributed by atoms with Crippen LogP contribution in [0.3, 0.4) is 0 Å². The first-order valence-corrected chi connectivity index (χ1v) is 16.9. The molecule has 0 aliphatic heterocycles. The number of benzene rings is 6. The zero-order valence-electron chi connectivity index (χ0n) is 26.7. The van der Waals surface area contributed by atoms with Crippen molar-refractivity contribution in [1.82, 2.24) is 15.0 Å². The van der Waals surface area contributed by atoms with Crippen molar-refractivity contribution in [1.29, 1.82) is 0 Å². The number of rotatable bonds is 3. The van der Waals surface area contributed by atoms with Gasteiger partial charge in [0.15, 0.2) is 17.5 Å². The van der Waals surface area contributed by atoms with Gasteiger partial charge in [-0.15, -0.1) is 0 Å². The lowest BCUT2D eigenvalue weighted by Gasteiger charge is -2.28. The quantitative estimate of drug-likeness (QED) is 0.192. The van der Waals surface area contributed by atoms with Crippen LogP contribution in [0.2, 0.25) is 0 Å². The van der Waals surface area contributed by atoms with E-state index in [1.807, 2.05) is 42.5 Å². The van der Waals surface area contributed by atoms with Crippen LogP contribution in [0.5, 0.6) is 0 Å². The van der Waals surface area contributed by atoms with E-state index < -0.39 is 0 Å². The molecule has 3 heterocycles. The molecule has 0 amide bonds. The van der Waals surface area contributed by atoms with Crippen molar-refractivity contribution in [3.63, 3.8) is 0 Å². The third-order valence-corrected chi connectivity index (χ3v) is 10.3. The highest BCUT2D eigenvalue weighted by molar-refractivity contribution is 6.20. The molecule has 6 aromatic carbocycles. The van der Waals surface area contributed by atoms with Crippen LogP contribution in [0.1, 0.15) is 22.9 Å². The normalized spacial score (nSPS) is 16.8. The fourth-order valence-electron chi connectivity index (χ4n) is 8.00. The first-order valence-electron chi connectivity index (χ1n) is 16.9. The number of hydrogen-bond donors (Lipinski definition) is 0. The van der Waals surface area contributed by atoms with Gasteiger partial charge < -0.3 is 8.83 Å². The molecule has 2 unspecified atom stereocenters. The van der Waals surface area contributed by atoms with Gasteiger partial charge in [0.05, 0.1) is 0 Å². The molecule has 11 rings (SSSR count). The highest BCUT2D eigenvalue weighted by Gasteiger charge is 2.27. The van der Waals surface area contributed by atoms with Crippen molar-refractivity contribution in [3.8, 4) is 22.8 Å². The summed E-state index contributed by atoms with van der Waals surface area (Å²) in [5, 5.41) is 6.37. The maximum atomic E-state index is 6.28. The molecule has 2 atom stereocenters. The van der Waals surface area contributed by atoms with E-state index in [-0.39, 0.29) is 11.8 Å². The van der Waals surface area contributed by atoms with Gasteiger partial charge in [-0.05, 0) is 52.2 Å². The molecule has 9 aromatic rings. The Labute approximate surface area is 286 Å². The number of fused-ring (bicyclic) bond motifs is 11. The summed E-state index contributed by atoms with van der Waals surface area (Å²) in [6.07, 6.45) is 11.3. The highest BCUT2D eigenvalue weighted by atomic mass is 16.3. The molecule has 50 heavy (non-hydrogen) atoms. The zero-order chi connectivity index (χ0) is 32.8. The summed E-state index contributed by atoms with van der Waals surface area (Å²) in [4.78, 5) is 15.7. The number of para-hydroxylation sites is 2. The molecule has 0 fully saturated rings. The fraction of sp³-hybridized carbons (Fsp3) is 0.0444. The van der Waals surface area contributed by atoms with Crippen LogP contribution < -0.4 is 0 Å². The average Bonchev–Trinajstić information content (AvgIpc) is 3.76. The summed E-state index contributed by atoms with van der Waals surface area (Å²) in [5.41, 5.74) is 8.82. The number of aromatic nitrogens is 3. The Morgan fingerprint density at radius 3 is 1.94 bits per heavy atom. The number of nitrogens with zero attached hydrogens (tertiary/aromatic N) is 3. The molecule has 0 saturated carbocycles. The summed E-state index contributed by atoms with van der Waals surface area (Å²) in [6.45, 7) is 0. The third-order valence-electron chi connectivity index (χ3n) is 10.3. The van der Waals surface area contributed by atoms with Gasteiger partial charge >= 0.3 is 0 Å². The Hall–Kier alpha value is -6.59. The van der Waals surface area contributed by atoms with E-state index in [9.17, 15) is 0 Å². The lowest BCUT2D eigenvalue weighted by molar-refractivity contribution is 0.668. The minimum atomic E-state index is 0.204. The summed E-state index contributed by atoms with van der Waals surface area (Å²) in [6, 6.07) is 41.6. The van der Waals surface area contributed by atoms with E-state index in [4.69, 9.17) is 23.8 Å². The molecule has 2 aliphatic rings. The SMILES string of the molecule is C1=CC2c3ccccc3C=CC2C=C1c1nc(-c2cccc3c2ccc2oc4ccccc4c23)nc(-c2cccc3oc4ccccc4c23)n1. The Kier molecular flexibility index (Phi) is 5.72. The number of furan rings is 2. The molecule has 0 saturated heterocycles. The van der Waals surface area contributed by atoms with Gasteiger partial charge in [-0.1, -0.05) is 121 Å². The van der Waals surface area contributed by atoms with Crippen LogP contribution in [0, 0.1) is 5.92 Å². The minimum Gasteiger partial charge on any atom is -0.456 e. The van der Waals surface area contributed by atoms with Crippen molar-refractivity contribution in [2.24, 2.45) is 5.92 Å². The van der Waals surface area contributed by atoms with E-state index in [0.29, 0.717) is 17.5 Å². The van der Waals surface area contributed by atoms with E-state index >= 15 is 0 Å². The maximum Gasteiger partial charge on any atom is 0.164 e. The average molecular weight is 642 g/mol. The first-order chi connectivity index (χ1) is 24.8. The number of hydrogen-bond acceptors (Lipinski definition) is 5. The minimum absolute atomic E-state index is 0.204. The molecule has 5 heteroatoms. The van der Waals surface area contributed by atoms with Crippen molar-refractivity contribution >= 4 is 66.3 Å². The fourth-order valence-corrected chi connectivity index (χ4v) is 8.00. The van der Waals surface area contributed by atoms with Crippen LogP contribution >= 0.6 is 0 Å². The van der Waals surface area contributed by atoms with Gasteiger partial charge in [0.2, 0.25) is 0 Å². The van der Waals surface area contributed by atoms with Gasteiger partial charge in [0.25, 0.3) is 0 Å². The molecular weight excluding hydrogens is 615 g/mol. The standard InChI is InChI=1S/C45H27N3O2/c1-2-10-29-26(9-1)19-20-27-25-28(21-22-30(27)29)43-46-44(48-45(47-43)36-15-8-18-39-42(36)35-12-4-6-17-38(35)49-39)33-14-7-13-32-31(33)23-24-40-41(32)34-11-3-5-16-37(34)50-40/h1-25,27,30H. The second-order valence-electron chi connectivity index (χ2n) is 13.1. The predicted molar refractivity (Wildman–Crippen MR) is 202 cm³/mol. The lowest BCUT2D eigenvalue weighted by atomic mass is 9.76. The van der Waals surface area contributed by atoms with E-state index in [1.54, 1.807) is 0 Å². The largest absolute Gasteiger partial charge is 0.456 e. The molecule has 3 aromatic heterocycles. The smallest absolute Gasteiger partial charge is 0.164 e. The summed E-state index contributed by atoms with van der Waals surface area (Å²) in [7, 11) is 0. The van der Waals surface area contributed by atoms with Crippen LogP contribution in [-0.4, -0.2) is 15.0 Å². The van der Waals surface area contributed by atoms with E-state index in [2.05, 4.69) is 109 Å². The Balaban J connectivity index is 1.15. The van der Waals surface area contributed by atoms with Crippen LogP contribution in [0.4, 0.5) is 0 Å². The second kappa shape index (κ2) is 10.5. The second-order valence-corrected chi connectivity index (χ2v) is 13.1. The van der Waals surface area contributed by atoms with Gasteiger partial charge in [0, 0.05) is 50.1 Å².